The van der Waals surface area contributed by atoms with Crippen molar-refractivity contribution in [3.05, 3.63) is 22.8 Å². The number of esters is 2. The summed E-state index contributed by atoms with van der Waals surface area (Å²) in [6.45, 7) is 2.38. The lowest BCUT2D eigenvalue weighted by Crippen LogP contribution is -2.40. The molecule has 2 aliphatic carbocycles. The molecule has 0 radical (unpaired) electrons. The Morgan fingerprint density at radius 1 is 1.50 bits per heavy atom. The molecular formula is C14H16O4. The summed E-state index contributed by atoms with van der Waals surface area (Å²) < 4.78 is 10.1. The van der Waals surface area contributed by atoms with Gasteiger partial charge in [-0.05, 0) is 30.8 Å². The standard InChI is InChI=1S/C14H16O4/c1-8-3-4-11-10-7-18-12(15)9(10)5-6-14(8,11)13(16)17-2/h4,8H,3,5-7H2,1-2H3/t8-,14-/m1/s1. The van der Waals surface area contributed by atoms with E-state index in [1.54, 1.807) is 0 Å². The number of cyclic esters (lactones) is 1. The summed E-state index contributed by atoms with van der Waals surface area (Å²) in [5.41, 5.74) is 2.12. The molecule has 0 aromatic heterocycles. The molecule has 2 atom stereocenters. The maximum atomic E-state index is 12.2. The van der Waals surface area contributed by atoms with E-state index in [0.29, 0.717) is 19.4 Å². The smallest absolute Gasteiger partial charge is 0.334 e. The molecular weight excluding hydrogens is 232 g/mol. The minimum atomic E-state index is -0.554. The first-order valence-corrected chi connectivity index (χ1v) is 6.30. The highest BCUT2D eigenvalue weighted by atomic mass is 16.5. The third-order valence-corrected chi connectivity index (χ3v) is 4.60. The quantitative estimate of drug-likeness (QED) is 0.663. The van der Waals surface area contributed by atoms with Gasteiger partial charge in [0, 0.05) is 11.1 Å². The van der Waals surface area contributed by atoms with E-state index < -0.39 is 5.41 Å². The van der Waals surface area contributed by atoms with Crippen molar-refractivity contribution in [1.29, 1.82) is 0 Å². The Hall–Kier alpha value is -1.58. The highest BCUT2D eigenvalue weighted by molar-refractivity contribution is 5.96. The Morgan fingerprint density at radius 3 is 3.00 bits per heavy atom. The highest BCUT2D eigenvalue weighted by Crippen LogP contribution is 2.55. The van der Waals surface area contributed by atoms with Crippen molar-refractivity contribution in [3.63, 3.8) is 0 Å². The van der Waals surface area contributed by atoms with Crippen LogP contribution in [0.4, 0.5) is 0 Å². The molecule has 0 spiro atoms. The summed E-state index contributed by atoms with van der Waals surface area (Å²) in [6, 6.07) is 0. The van der Waals surface area contributed by atoms with Crippen molar-refractivity contribution >= 4 is 11.9 Å². The van der Waals surface area contributed by atoms with E-state index in [1.807, 2.05) is 0 Å². The monoisotopic (exact) mass is 248 g/mol. The zero-order chi connectivity index (χ0) is 12.9. The first-order chi connectivity index (χ1) is 8.61. The van der Waals surface area contributed by atoms with Crippen molar-refractivity contribution in [2.24, 2.45) is 11.3 Å². The van der Waals surface area contributed by atoms with Crippen molar-refractivity contribution in [3.8, 4) is 0 Å². The van der Waals surface area contributed by atoms with Crippen molar-refractivity contribution in [2.45, 2.75) is 26.2 Å². The topological polar surface area (TPSA) is 52.6 Å². The van der Waals surface area contributed by atoms with Crippen LogP contribution in [0.3, 0.4) is 0 Å². The van der Waals surface area contributed by atoms with E-state index in [2.05, 4.69) is 13.0 Å². The average Bonchev–Trinajstić information content (AvgIpc) is 2.91. The van der Waals surface area contributed by atoms with Gasteiger partial charge in [-0.15, -0.1) is 0 Å². The molecule has 0 saturated heterocycles. The van der Waals surface area contributed by atoms with Crippen LogP contribution < -0.4 is 0 Å². The molecule has 96 valence electrons. The summed E-state index contributed by atoms with van der Waals surface area (Å²) in [6.07, 6.45) is 4.21. The van der Waals surface area contributed by atoms with Crippen LogP contribution in [-0.2, 0) is 19.1 Å². The molecule has 0 fully saturated rings. The summed E-state index contributed by atoms with van der Waals surface area (Å²) >= 11 is 0. The maximum absolute atomic E-state index is 12.2. The Labute approximate surface area is 106 Å². The Bertz CT molecular complexity index is 500. The van der Waals surface area contributed by atoms with E-state index in [0.717, 1.165) is 23.1 Å². The normalized spacial score (nSPS) is 33.8. The molecule has 0 aromatic rings. The lowest BCUT2D eigenvalue weighted by atomic mass is 9.65. The lowest BCUT2D eigenvalue weighted by molar-refractivity contribution is -0.153. The van der Waals surface area contributed by atoms with Crippen molar-refractivity contribution in [2.75, 3.05) is 13.7 Å². The molecule has 0 N–H and O–H groups in total. The van der Waals surface area contributed by atoms with Gasteiger partial charge in [0.05, 0.1) is 12.5 Å². The Kier molecular flexibility index (Phi) is 2.37. The summed E-state index contributed by atoms with van der Waals surface area (Å²) in [5, 5.41) is 0. The number of methoxy groups -OCH3 is 1. The number of fused-ring (bicyclic) bond motifs is 2. The third-order valence-electron chi connectivity index (χ3n) is 4.60. The van der Waals surface area contributed by atoms with Gasteiger partial charge in [0.1, 0.15) is 6.61 Å². The van der Waals surface area contributed by atoms with Gasteiger partial charge < -0.3 is 9.47 Å². The minimum Gasteiger partial charge on any atom is -0.468 e. The van der Waals surface area contributed by atoms with Crippen molar-refractivity contribution in [1.82, 2.24) is 0 Å². The van der Waals surface area contributed by atoms with Gasteiger partial charge in [-0.1, -0.05) is 13.0 Å². The molecule has 0 bridgehead atoms. The number of hydrogen-bond donors (Lipinski definition) is 0. The van der Waals surface area contributed by atoms with Gasteiger partial charge in [-0.3, -0.25) is 4.79 Å². The molecule has 0 aromatic carbocycles. The van der Waals surface area contributed by atoms with Crippen LogP contribution in [0.5, 0.6) is 0 Å². The Balaban J connectivity index is 2.11. The SMILES string of the molecule is COC(=O)[C@@]12CCC3=C(COC3=O)C1=CC[C@H]2C. The van der Waals surface area contributed by atoms with E-state index in [1.165, 1.54) is 7.11 Å². The summed E-state index contributed by atoms with van der Waals surface area (Å²) in [4.78, 5) is 23.8. The first-order valence-electron chi connectivity index (χ1n) is 6.30. The molecule has 3 aliphatic rings. The van der Waals surface area contributed by atoms with Gasteiger partial charge in [-0.25, -0.2) is 4.79 Å². The average molecular weight is 248 g/mol. The van der Waals surface area contributed by atoms with E-state index >= 15 is 0 Å². The molecule has 0 saturated carbocycles. The second-order valence-corrected chi connectivity index (χ2v) is 5.25. The number of carbonyl (C=O) groups is 2. The Morgan fingerprint density at radius 2 is 2.28 bits per heavy atom. The van der Waals surface area contributed by atoms with Gasteiger partial charge >= 0.3 is 11.9 Å². The van der Waals surface area contributed by atoms with Crippen LogP contribution >= 0.6 is 0 Å². The number of rotatable bonds is 1. The summed E-state index contributed by atoms with van der Waals surface area (Å²) in [5.74, 6) is -0.168. The zero-order valence-electron chi connectivity index (χ0n) is 10.6. The first kappa shape index (κ1) is 11.5. The molecule has 0 amide bonds. The second kappa shape index (κ2) is 3.70. The van der Waals surface area contributed by atoms with E-state index in [-0.39, 0.29) is 17.9 Å². The zero-order valence-corrected chi connectivity index (χ0v) is 10.6. The largest absolute Gasteiger partial charge is 0.468 e. The molecule has 4 heteroatoms. The van der Waals surface area contributed by atoms with Gasteiger partial charge in [-0.2, -0.15) is 0 Å². The molecule has 0 unspecified atom stereocenters. The number of hydrogen-bond acceptors (Lipinski definition) is 4. The minimum absolute atomic E-state index is 0.176. The second-order valence-electron chi connectivity index (χ2n) is 5.25. The molecule has 18 heavy (non-hydrogen) atoms. The number of allylic oxidation sites excluding steroid dienone is 1. The fourth-order valence-electron chi connectivity index (χ4n) is 3.56. The summed E-state index contributed by atoms with van der Waals surface area (Å²) in [7, 11) is 1.43. The van der Waals surface area contributed by atoms with Gasteiger partial charge in [0.25, 0.3) is 0 Å². The molecule has 1 aliphatic heterocycles. The predicted molar refractivity (Wildman–Crippen MR) is 63.5 cm³/mol. The van der Waals surface area contributed by atoms with Crippen LogP contribution in [-0.4, -0.2) is 25.7 Å². The molecule has 3 rings (SSSR count). The number of ether oxygens (including phenoxy) is 2. The third kappa shape index (κ3) is 1.21. The van der Waals surface area contributed by atoms with Crippen LogP contribution in [0.25, 0.3) is 0 Å². The van der Waals surface area contributed by atoms with E-state index in [9.17, 15) is 9.59 Å². The van der Waals surface area contributed by atoms with Crippen LogP contribution in [0, 0.1) is 11.3 Å². The fourth-order valence-corrected chi connectivity index (χ4v) is 3.56. The van der Waals surface area contributed by atoms with Gasteiger partial charge in [0.15, 0.2) is 0 Å². The van der Waals surface area contributed by atoms with Crippen molar-refractivity contribution < 1.29 is 19.1 Å². The highest BCUT2D eigenvalue weighted by Gasteiger charge is 2.55. The predicted octanol–water partition coefficient (Wildman–Crippen LogP) is 1.76. The number of carbonyl (C=O) groups excluding carboxylic acids is 2. The van der Waals surface area contributed by atoms with Gasteiger partial charge in [0.2, 0.25) is 0 Å². The van der Waals surface area contributed by atoms with Crippen LogP contribution in [0.1, 0.15) is 26.2 Å². The molecule has 1 heterocycles. The molecule has 4 nitrogen and oxygen atoms in total. The maximum Gasteiger partial charge on any atom is 0.334 e. The van der Waals surface area contributed by atoms with E-state index in [4.69, 9.17) is 9.47 Å². The van der Waals surface area contributed by atoms with Crippen LogP contribution in [0.15, 0.2) is 22.8 Å². The van der Waals surface area contributed by atoms with Crippen LogP contribution in [0.2, 0.25) is 0 Å². The fraction of sp³-hybridized carbons (Fsp3) is 0.571. The lowest BCUT2D eigenvalue weighted by Gasteiger charge is -2.37.